The fraction of sp³-hybridized carbons (Fsp3) is 0.450. The van der Waals surface area contributed by atoms with Gasteiger partial charge in [-0.25, -0.2) is 8.42 Å². The molecule has 1 fully saturated rings. The largest absolute Gasteiger partial charge is 0.321 e. The highest BCUT2D eigenvalue weighted by Crippen LogP contribution is 2.25. The molecule has 0 saturated carbocycles. The summed E-state index contributed by atoms with van der Waals surface area (Å²) in [6.45, 7) is 4.71. The average molecular weight is 421 g/mol. The molecule has 2 aromatic rings. The number of fused-ring (bicyclic) bond motifs is 1. The number of anilines is 1. The molecule has 0 radical (unpaired) electrons. The van der Waals surface area contributed by atoms with Gasteiger partial charge in [0.2, 0.25) is 10.0 Å². The Labute approximate surface area is 170 Å². The number of thiophene rings is 1. The summed E-state index contributed by atoms with van der Waals surface area (Å²) in [6, 6.07) is 8.99. The third-order valence-corrected chi connectivity index (χ3v) is 8.67. The highest BCUT2D eigenvalue weighted by molar-refractivity contribution is 7.89. The standard InChI is InChI=1S/C20H25N3O3S2/c1-15-18-9-13-27-19(18)8-12-22(15)14-20(24)21-16-4-6-17(7-5-16)28(25,26)23-10-2-3-11-23/h4-7,9,13,15H,2-3,8,10-12,14H2,1H3,(H,21,24)/p+1/t15-/m1/s1. The lowest BCUT2D eigenvalue weighted by Gasteiger charge is -2.29. The first-order valence-corrected chi connectivity index (χ1v) is 12.1. The molecule has 0 aliphatic carbocycles. The Morgan fingerprint density at radius 3 is 2.64 bits per heavy atom. The van der Waals surface area contributed by atoms with Crippen molar-refractivity contribution < 1.29 is 18.1 Å². The van der Waals surface area contributed by atoms with Crippen molar-refractivity contribution in [1.29, 1.82) is 0 Å². The predicted octanol–water partition coefficient (Wildman–Crippen LogP) is 1.67. The number of rotatable bonds is 5. The topological polar surface area (TPSA) is 70.9 Å². The summed E-state index contributed by atoms with van der Waals surface area (Å²) in [7, 11) is -3.42. The van der Waals surface area contributed by atoms with Gasteiger partial charge in [0.15, 0.2) is 6.54 Å². The second-order valence-electron chi connectivity index (χ2n) is 7.54. The van der Waals surface area contributed by atoms with E-state index >= 15 is 0 Å². The summed E-state index contributed by atoms with van der Waals surface area (Å²) >= 11 is 1.80. The zero-order valence-electron chi connectivity index (χ0n) is 16.0. The van der Waals surface area contributed by atoms with Crippen LogP contribution in [0.1, 0.15) is 36.2 Å². The van der Waals surface area contributed by atoms with E-state index in [1.807, 2.05) is 0 Å². The molecule has 1 aromatic heterocycles. The molecule has 3 heterocycles. The fourth-order valence-corrected chi connectivity index (χ4v) is 6.59. The van der Waals surface area contributed by atoms with Gasteiger partial charge in [-0.3, -0.25) is 4.79 Å². The molecule has 1 amide bonds. The van der Waals surface area contributed by atoms with Gasteiger partial charge in [-0.2, -0.15) is 4.31 Å². The van der Waals surface area contributed by atoms with E-state index < -0.39 is 10.0 Å². The van der Waals surface area contributed by atoms with Gasteiger partial charge < -0.3 is 10.2 Å². The lowest BCUT2D eigenvalue weighted by molar-refractivity contribution is -0.923. The second kappa shape index (κ2) is 7.94. The number of amides is 1. The molecule has 28 heavy (non-hydrogen) atoms. The van der Waals surface area contributed by atoms with Crippen LogP contribution in [0.2, 0.25) is 0 Å². The molecule has 2 atom stereocenters. The van der Waals surface area contributed by atoms with E-state index in [1.165, 1.54) is 19.6 Å². The van der Waals surface area contributed by atoms with Crippen LogP contribution in [0, 0.1) is 0 Å². The minimum Gasteiger partial charge on any atom is -0.321 e. The molecule has 2 aliphatic heterocycles. The van der Waals surface area contributed by atoms with Crippen molar-refractivity contribution in [1.82, 2.24) is 4.31 Å². The zero-order valence-corrected chi connectivity index (χ0v) is 17.6. The van der Waals surface area contributed by atoms with Crippen LogP contribution in [0.3, 0.4) is 0 Å². The van der Waals surface area contributed by atoms with Crippen LogP contribution in [0.25, 0.3) is 0 Å². The first-order chi connectivity index (χ1) is 13.4. The minimum absolute atomic E-state index is 0.0457. The van der Waals surface area contributed by atoms with E-state index in [9.17, 15) is 13.2 Å². The molecule has 0 bridgehead atoms. The fourth-order valence-electron chi connectivity index (χ4n) is 4.09. The molecule has 150 valence electrons. The van der Waals surface area contributed by atoms with Crippen molar-refractivity contribution in [2.24, 2.45) is 0 Å². The summed E-state index contributed by atoms with van der Waals surface area (Å²) < 4.78 is 26.7. The molecular formula is C20H26N3O3S2+. The van der Waals surface area contributed by atoms with Crippen molar-refractivity contribution in [2.45, 2.75) is 37.1 Å². The lowest BCUT2D eigenvalue weighted by atomic mass is 10.0. The van der Waals surface area contributed by atoms with E-state index in [0.717, 1.165) is 25.8 Å². The maximum atomic E-state index is 12.6. The quantitative estimate of drug-likeness (QED) is 0.773. The van der Waals surface area contributed by atoms with Crippen LogP contribution in [0.15, 0.2) is 40.6 Å². The molecule has 6 nitrogen and oxygen atoms in total. The molecule has 2 aliphatic rings. The van der Waals surface area contributed by atoms with Crippen molar-refractivity contribution in [3.8, 4) is 0 Å². The Balaban J connectivity index is 1.37. The molecule has 1 aromatic carbocycles. The van der Waals surface area contributed by atoms with Crippen LogP contribution in [-0.2, 0) is 21.2 Å². The summed E-state index contributed by atoms with van der Waals surface area (Å²) in [5.41, 5.74) is 1.99. The predicted molar refractivity (Wildman–Crippen MR) is 110 cm³/mol. The van der Waals surface area contributed by atoms with Crippen molar-refractivity contribution in [3.05, 3.63) is 46.2 Å². The van der Waals surface area contributed by atoms with Crippen molar-refractivity contribution in [2.75, 3.05) is 31.5 Å². The average Bonchev–Trinajstić information content (AvgIpc) is 3.36. The molecule has 1 saturated heterocycles. The third-order valence-electron chi connectivity index (χ3n) is 5.76. The smallest absolute Gasteiger partial charge is 0.279 e. The summed E-state index contributed by atoms with van der Waals surface area (Å²) in [5, 5.41) is 5.04. The Bertz CT molecular complexity index is 947. The maximum Gasteiger partial charge on any atom is 0.279 e. The van der Waals surface area contributed by atoms with Crippen molar-refractivity contribution >= 4 is 33.0 Å². The minimum atomic E-state index is -3.42. The van der Waals surface area contributed by atoms with E-state index in [2.05, 4.69) is 23.7 Å². The van der Waals surface area contributed by atoms with Gasteiger partial charge in [0.25, 0.3) is 5.91 Å². The molecule has 0 spiro atoms. The highest BCUT2D eigenvalue weighted by Gasteiger charge is 2.30. The van der Waals surface area contributed by atoms with Crippen LogP contribution < -0.4 is 10.2 Å². The zero-order chi connectivity index (χ0) is 19.7. The summed E-state index contributed by atoms with van der Waals surface area (Å²) in [5.74, 6) is -0.0457. The number of hydrogen-bond acceptors (Lipinski definition) is 4. The SMILES string of the molecule is C[C@@H]1c2ccsc2CC[NH+]1CC(=O)Nc1ccc(S(=O)(=O)N2CCCC2)cc1. The van der Waals surface area contributed by atoms with E-state index in [4.69, 9.17) is 0 Å². The molecule has 8 heteroatoms. The number of nitrogens with one attached hydrogen (secondary N) is 2. The van der Waals surface area contributed by atoms with Crippen molar-refractivity contribution in [3.63, 3.8) is 0 Å². The van der Waals surface area contributed by atoms with E-state index in [1.54, 1.807) is 35.6 Å². The molecule has 2 N–H and O–H groups in total. The van der Waals surface area contributed by atoms with Gasteiger partial charge >= 0.3 is 0 Å². The van der Waals surface area contributed by atoms with E-state index in [0.29, 0.717) is 31.4 Å². The number of nitrogens with zero attached hydrogens (tertiary/aromatic N) is 1. The highest BCUT2D eigenvalue weighted by atomic mass is 32.2. The Kier molecular flexibility index (Phi) is 5.55. The Morgan fingerprint density at radius 2 is 1.93 bits per heavy atom. The number of carbonyl (C=O) groups is 1. The number of benzene rings is 1. The number of sulfonamides is 1. The van der Waals surface area contributed by atoms with Crippen LogP contribution in [0.4, 0.5) is 5.69 Å². The third kappa shape index (κ3) is 3.87. The number of hydrogen-bond donors (Lipinski definition) is 2. The molecular weight excluding hydrogens is 394 g/mol. The molecule has 1 unspecified atom stereocenters. The summed E-state index contributed by atoms with van der Waals surface area (Å²) in [4.78, 5) is 15.5. The van der Waals surface area contributed by atoms with Crippen LogP contribution in [0.5, 0.6) is 0 Å². The van der Waals surface area contributed by atoms with Gasteiger partial charge in [0, 0.05) is 35.6 Å². The molecule has 4 rings (SSSR count). The first kappa shape index (κ1) is 19.6. The first-order valence-electron chi connectivity index (χ1n) is 9.76. The van der Waals surface area contributed by atoms with Gasteiger partial charge in [-0.05, 0) is 55.5 Å². The second-order valence-corrected chi connectivity index (χ2v) is 10.5. The van der Waals surface area contributed by atoms with E-state index in [-0.39, 0.29) is 10.8 Å². The van der Waals surface area contributed by atoms with Gasteiger partial charge in [-0.15, -0.1) is 11.3 Å². The monoisotopic (exact) mass is 420 g/mol. The van der Waals surface area contributed by atoms with Gasteiger partial charge in [0.1, 0.15) is 6.04 Å². The van der Waals surface area contributed by atoms with Gasteiger partial charge in [0.05, 0.1) is 11.4 Å². The normalized spacial score (nSPS) is 22.8. The van der Waals surface area contributed by atoms with Gasteiger partial charge in [-0.1, -0.05) is 0 Å². The maximum absolute atomic E-state index is 12.6. The Hall–Kier alpha value is -1.74. The number of carbonyl (C=O) groups excluding carboxylic acids is 1. The Morgan fingerprint density at radius 1 is 1.21 bits per heavy atom. The summed E-state index contributed by atoms with van der Waals surface area (Å²) in [6.07, 6.45) is 2.85. The van der Waals surface area contributed by atoms with Crippen LogP contribution in [-0.4, -0.2) is 44.8 Å². The lowest BCUT2D eigenvalue weighted by Crippen LogP contribution is -3.14. The van der Waals surface area contributed by atoms with Crippen LogP contribution >= 0.6 is 11.3 Å². The number of quaternary nitrogens is 1.